The van der Waals surface area contributed by atoms with Crippen LogP contribution in [0.4, 0.5) is 0 Å². The van der Waals surface area contributed by atoms with Gasteiger partial charge in [0.05, 0.1) is 22.4 Å². The van der Waals surface area contributed by atoms with Crippen LogP contribution in [0.15, 0.2) is 42.6 Å². The van der Waals surface area contributed by atoms with Crippen LogP contribution >= 0.6 is 11.3 Å². The second-order valence-corrected chi connectivity index (χ2v) is 5.29. The molecule has 0 fully saturated rings. The van der Waals surface area contributed by atoms with Gasteiger partial charge in [0.25, 0.3) is 0 Å². The molecular weight excluding hydrogens is 256 g/mol. The third-order valence-corrected chi connectivity index (χ3v) is 4.23. The normalized spacial score (nSPS) is 10.8. The van der Waals surface area contributed by atoms with Crippen LogP contribution in [0.5, 0.6) is 5.75 Å². The molecule has 1 aromatic carbocycles. The summed E-state index contributed by atoms with van der Waals surface area (Å²) in [6.45, 7) is 0.531. The number of ether oxygens (including phenoxy) is 1. The first-order valence-electron chi connectivity index (χ1n) is 6.03. The molecule has 4 heteroatoms. The fourth-order valence-corrected chi connectivity index (χ4v) is 3.18. The second-order valence-electron chi connectivity index (χ2n) is 4.24. The van der Waals surface area contributed by atoms with E-state index in [-0.39, 0.29) is 0 Å². The molecule has 0 unspecified atom stereocenters. The number of benzene rings is 1. The van der Waals surface area contributed by atoms with E-state index in [1.807, 2.05) is 24.3 Å². The summed E-state index contributed by atoms with van der Waals surface area (Å²) in [6, 6.07) is 12.2. The summed E-state index contributed by atoms with van der Waals surface area (Å²) in [5, 5.41) is 1.18. The molecule has 0 radical (unpaired) electrons. The molecule has 3 aromatic rings. The summed E-state index contributed by atoms with van der Waals surface area (Å²) in [7, 11) is 1.70. The first-order chi connectivity index (χ1) is 9.31. The average Bonchev–Trinajstić information content (AvgIpc) is 2.91. The van der Waals surface area contributed by atoms with Gasteiger partial charge in [0.1, 0.15) is 5.75 Å². The molecular formula is C15H14N2OS. The third kappa shape index (κ3) is 2.20. The number of hydrogen-bond donors (Lipinski definition) is 1. The predicted octanol–water partition coefficient (Wildman–Crippen LogP) is 3.43. The van der Waals surface area contributed by atoms with Crippen molar-refractivity contribution in [3.63, 3.8) is 0 Å². The predicted molar refractivity (Wildman–Crippen MR) is 79.5 cm³/mol. The molecule has 0 aliphatic heterocycles. The van der Waals surface area contributed by atoms with Gasteiger partial charge in [0, 0.05) is 12.7 Å². The molecule has 0 spiro atoms. The molecule has 3 nitrogen and oxygen atoms in total. The molecule has 0 aliphatic rings. The Morgan fingerprint density at radius 1 is 1.26 bits per heavy atom. The van der Waals surface area contributed by atoms with Gasteiger partial charge < -0.3 is 10.5 Å². The molecule has 2 heterocycles. The summed E-state index contributed by atoms with van der Waals surface area (Å²) in [5.74, 6) is 0.906. The van der Waals surface area contributed by atoms with Crippen LogP contribution < -0.4 is 10.5 Å². The number of fused-ring (bicyclic) bond motifs is 1. The zero-order chi connectivity index (χ0) is 13.2. The van der Waals surface area contributed by atoms with Gasteiger partial charge in [-0.15, -0.1) is 11.3 Å². The maximum absolute atomic E-state index is 5.67. The summed E-state index contributed by atoms with van der Waals surface area (Å²) in [5.41, 5.74) is 7.73. The van der Waals surface area contributed by atoms with Crippen LogP contribution in [-0.4, -0.2) is 12.1 Å². The van der Waals surface area contributed by atoms with Crippen molar-refractivity contribution in [1.82, 2.24) is 4.98 Å². The minimum absolute atomic E-state index is 0.531. The van der Waals surface area contributed by atoms with Crippen molar-refractivity contribution in [2.45, 2.75) is 6.54 Å². The van der Waals surface area contributed by atoms with E-state index in [1.165, 1.54) is 5.39 Å². The Labute approximate surface area is 115 Å². The highest BCUT2D eigenvalue weighted by molar-refractivity contribution is 7.22. The Morgan fingerprint density at radius 2 is 2.16 bits per heavy atom. The van der Waals surface area contributed by atoms with Crippen LogP contribution in [0.1, 0.15) is 5.56 Å². The van der Waals surface area contributed by atoms with Crippen molar-refractivity contribution in [3.8, 4) is 16.3 Å². The first-order valence-corrected chi connectivity index (χ1v) is 6.85. The second kappa shape index (κ2) is 4.99. The molecule has 96 valence electrons. The van der Waals surface area contributed by atoms with Crippen LogP contribution in [0, 0.1) is 0 Å². The van der Waals surface area contributed by atoms with Crippen LogP contribution in [-0.2, 0) is 6.54 Å². The highest BCUT2D eigenvalue weighted by Gasteiger charge is 2.09. The molecule has 0 bridgehead atoms. The number of hydrogen-bond acceptors (Lipinski definition) is 4. The zero-order valence-electron chi connectivity index (χ0n) is 10.6. The number of thiophene rings is 1. The van der Waals surface area contributed by atoms with Gasteiger partial charge >= 0.3 is 0 Å². The Bertz CT molecular complexity index is 721. The Balaban J connectivity index is 2.15. The lowest BCUT2D eigenvalue weighted by Gasteiger charge is -2.00. The quantitative estimate of drug-likeness (QED) is 0.793. The Hall–Kier alpha value is -1.91. The molecule has 2 N–H and O–H groups in total. The van der Waals surface area contributed by atoms with E-state index in [9.17, 15) is 0 Å². The van der Waals surface area contributed by atoms with E-state index in [1.54, 1.807) is 24.6 Å². The minimum atomic E-state index is 0.531. The number of nitrogens with two attached hydrogens (primary N) is 1. The van der Waals surface area contributed by atoms with Crippen molar-refractivity contribution in [2.24, 2.45) is 5.73 Å². The summed E-state index contributed by atoms with van der Waals surface area (Å²) < 4.78 is 6.54. The SMILES string of the molecule is COc1cccc2cc(-c3cc(CN)ccn3)sc12. The minimum Gasteiger partial charge on any atom is -0.495 e. The monoisotopic (exact) mass is 270 g/mol. The average molecular weight is 270 g/mol. The van der Waals surface area contributed by atoms with Crippen LogP contribution in [0.3, 0.4) is 0 Å². The van der Waals surface area contributed by atoms with E-state index >= 15 is 0 Å². The van der Waals surface area contributed by atoms with Gasteiger partial charge in [0.15, 0.2) is 0 Å². The standard InChI is InChI=1S/C15H14N2OS/c1-18-13-4-2-3-11-8-14(19-15(11)13)12-7-10(9-16)5-6-17-12/h2-8H,9,16H2,1H3. The lowest BCUT2D eigenvalue weighted by atomic mass is 10.2. The molecule has 19 heavy (non-hydrogen) atoms. The molecule has 2 aromatic heterocycles. The highest BCUT2D eigenvalue weighted by Crippen LogP contribution is 2.37. The maximum atomic E-state index is 5.67. The van der Waals surface area contributed by atoms with Gasteiger partial charge in [-0.2, -0.15) is 0 Å². The van der Waals surface area contributed by atoms with Gasteiger partial charge in [-0.1, -0.05) is 12.1 Å². The van der Waals surface area contributed by atoms with Crippen molar-refractivity contribution >= 4 is 21.4 Å². The van der Waals surface area contributed by atoms with Crippen molar-refractivity contribution in [1.29, 1.82) is 0 Å². The molecule has 0 amide bonds. The van der Waals surface area contributed by atoms with E-state index in [4.69, 9.17) is 10.5 Å². The number of rotatable bonds is 3. The Morgan fingerprint density at radius 3 is 2.95 bits per heavy atom. The van der Waals surface area contributed by atoms with Crippen LogP contribution in [0.25, 0.3) is 20.7 Å². The van der Waals surface area contributed by atoms with E-state index in [0.29, 0.717) is 6.54 Å². The summed E-state index contributed by atoms with van der Waals surface area (Å²) >= 11 is 1.69. The fraction of sp³-hybridized carbons (Fsp3) is 0.133. The van der Waals surface area contributed by atoms with Crippen molar-refractivity contribution < 1.29 is 4.74 Å². The highest BCUT2D eigenvalue weighted by atomic mass is 32.1. The number of methoxy groups -OCH3 is 1. The zero-order valence-corrected chi connectivity index (χ0v) is 11.4. The molecule has 0 saturated heterocycles. The van der Waals surface area contributed by atoms with Gasteiger partial charge in [0.2, 0.25) is 0 Å². The topological polar surface area (TPSA) is 48.1 Å². The van der Waals surface area contributed by atoms with Crippen LogP contribution in [0.2, 0.25) is 0 Å². The summed E-state index contributed by atoms with van der Waals surface area (Å²) in [4.78, 5) is 5.56. The fourth-order valence-electron chi connectivity index (χ4n) is 2.06. The number of aromatic nitrogens is 1. The molecule has 0 aliphatic carbocycles. The van der Waals surface area contributed by atoms with E-state index in [2.05, 4.69) is 17.1 Å². The molecule has 3 rings (SSSR count). The lowest BCUT2D eigenvalue weighted by Crippen LogP contribution is -1.96. The van der Waals surface area contributed by atoms with E-state index in [0.717, 1.165) is 26.6 Å². The third-order valence-electron chi connectivity index (χ3n) is 3.04. The molecule has 0 saturated carbocycles. The van der Waals surface area contributed by atoms with Crippen molar-refractivity contribution in [3.05, 3.63) is 48.2 Å². The van der Waals surface area contributed by atoms with Crippen molar-refractivity contribution in [2.75, 3.05) is 7.11 Å². The van der Waals surface area contributed by atoms with Gasteiger partial charge in [-0.25, -0.2) is 0 Å². The Kier molecular flexibility index (Phi) is 3.19. The lowest BCUT2D eigenvalue weighted by molar-refractivity contribution is 0.420. The van der Waals surface area contributed by atoms with Gasteiger partial charge in [-0.05, 0) is 35.2 Å². The smallest absolute Gasteiger partial charge is 0.136 e. The van der Waals surface area contributed by atoms with E-state index < -0.39 is 0 Å². The number of nitrogens with zero attached hydrogens (tertiary/aromatic N) is 1. The largest absolute Gasteiger partial charge is 0.495 e. The molecule has 0 atom stereocenters. The maximum Gasteiger partial charge on any atom is 0.136 e. The van der Waals surface area contributed by atoms with Gasteiger partial charge in [-0.3, -0.25) is 4.98 Å². The first kappa shape index (κ1) is 12.1. The summed E-state index contributed by atoms with van der Waals surface area (Å²) in [6.07, 6.45) is 1.80. The number of pyridine rings is 1.